The van der Waals surface area contributed by atoms with Gasteiger partial charge in [-0.1, -0.05) is 48.9 Å². The van der Waals surface area contributed by atoms with Crippen LogP contribution in [0.5, 0.6) is 0 Å². The van der Waals surface area contributed by atoms with Crippen molar-refractivity contribution in [2.45, 2.75) is 64.2 Å². The predicted molar refractivity (Wildman–Crippen MR) is 168 cm³/mol. The molecule has 7 nitrogen and oxygen atoms in total. The van der Waals surface area contributed by atoms with Crippen molar-refractivity contribution in [2.75, 3.05) is 78.9 Å². The topological polar surface area (TPSA) is 76.7 Å². The molecule has 0 bridgehead atoms. The third-order valence-corrected chi connectivity index (χ3v) is 6.15. The zero-order valence-corrected chi connectivity index (χ0v) is 25.1. The van der Waals surface area contributed by atoms with Gasteiger partial charge in [-0.05, 0) is 96.1 Å². The summed E-state index contributed by atoms with van der Waals surface area (Å²) in [6.07, 6.45) is 17.0. The molecule has 2 aromatic rings. The molecule has 0 spiro atoms. The highest BCUT2D eigenvalue weighted by Crippen LogP contribution is 2.02. The number of rotatable bonds is 0. The summed E-state index contributed by atoms with van der Waals surface area (Å²) in [6, 6.07) is 17.7. The molecule has 0 aliphatic carbocycles. The van der Waals surface area contributed by atoms with Gasteiger partial charge in [0, 0.05) is 51.9 Å². The highest BCUT2D eigenvalue weighted by Gasteiger charge is 1.96. The first kappa shape index (κ1) is 36.2. The van der Waals surface area contributed by atoms with Crippen LogP contribution in [0.3, 0.4) is 0 Å². The Kier molecular flexibility index (Phi) is 30.1. The lowest BCUT2D eigenvalue weighted by molar-refractivity contribution is 0.0968. The Labute approximate surface area is 245 Å². The quantitative estimate of drug-likeness (QED) is 0.395. The summed E-state index contributed by atoms with van der Waals surface area (Å²) in [5, 5.41) is 9.67. The van der Waals surface area contributed by atoms with Crippen LogP contribution in [0.2, 0.25) is 0 Å². The van der Waals surface area contributed by atoms with E-state index in [-0.39, 0.29) is 0 Å². The van der Waals surface area contributed by atoms with Gasteiger partial charge >= 0.3 is 0 Å². The minimum atomic E-state index is 0.889. The van der Waals surface area contributed by atoms with Gasteiger partial charge in [0.25, 0.3) is 0 Å². The number of morpholine rings is 1. The Hall–Kier alpha value is -1.87. The smallest absolute Gasteiger partial charge is 0.0591 e. The van der Waals surface area contributed by atoms with Crippen LogP contribution in [0, 0.1) is 0 Å². The van der Waals surface area contributed by atoms with Crippen molar-refractivity contribution >= 4 is 0 Å². The molecule has 5 aliphatic rings. The maximum absolute atomic E-state index is 5.07. The Morgan fingerprint density at radius 2 is 0.650 bits per heavy atom. The Bertz CT molecular complexity index is 489. The van der Waals surface area contributed by atoms with E-state index in [9.17, 15) is 0 Å². The lowest BCUT2D eigenvalue weighted by Crippen LogP contribution is -2.30. The third kappa shape index (κ3) is 30.7. The van der Waals surface area contributed by atoms with Gasteiger partial charge in [0.1, 0.15) is 0 Å². The van der Waals surface area contributed by atoms with Gasteiger partial charge in [0.05, 0.1) is 13.2 Å². The maximum Gasteiger partial charge on any atom is 0.0591 e. The van der Waals surface area contributed by atoms with Crippen LogP contribution in [0.25, 0.3) is 0 Å². The molecule has 7 rings (SSSR count). The van der Waals surface area contributed by atoms with Gasteiger partial charge < -0.3 is 30.2 Å². The van der Waals surface area contributed by atoms with E-state index in [2.05, 4.69) is 20.9 Å². The fourth-order valence-corrected chi connectivity index (χ4v) is 3.84. The molecule has 5 saturated heterocycles. The van der Waals surface area contributed by atoms with Crippen molar-refractivity contribution in [3.63, 3.8) is 0 Å². The second-order valence-electron chi connectivity index (χ2n) is 9.80. The molecule has 3 N–H and O–H groups in total. The van der Waals surface area contributed by atoms with E-state index in [1.54, 1.807) is 12.4 Å². The number of ether oxygens (including phenoxy) is 3. The van der Waals surface area contributed by atoms with E-state index in [4.69, 9.17) is 14.2 Å². The van der Waals surface area contributed by atoms with Gasteiger partial charge in [-0.2, -0.15) is 0 Å². The minimum absolute atomic E-state index is 0.889. The fraction of sp³-hybridized carbons (Fsp3) is 0.667. The maximum atomic E-state index is 5.07. The molecule has 0 unspecified atom stereocenters. The van der Waals surface area contributed by atoms with Gasteiger partial charge in [-0.15, -0.1) is 0 Å². The van der Waals surface area contributed by atoms with Gasteiger partial charge in [0.2, 0.25) is 0 Å². The van der Waals surface area contributed by atoms with E-state index in [1.807, 2.05) is 54.6 Å². The van der Waals surface area contributed by atoms with Gasteiger partial charge in [-0.25, -0.2) is 0 Å². The molecule has 0 radical (unpaired) electrons. The molecule has 5 aliphatic heterocycles. The number of hydrogen-bond donors (Lipinski definition) is 3. The average molecular weight is 559 g/mol. The van der Waals surface area contributed by atoms with Crippen molar-refractivity contribution in [1.29, 1.82) is 0 Å². The molecule has 1 aromatic carbocycles. The van der Waals surface area contributed by atoms with Gasteiger partial charge in [-0.3, -0.25) is 4.98 Å². The molecule has 0 amide bonds. The summed E-state index contributed by atoms with van der Waals surface area (Å²) < 4.78 is 15.0. The molecular weight excluding hydrogens is 500 g/mol. The van der Waals surface area contributed by atoms with Crippen molar-refractivity contribution < 1.29 is 14.2 Å². The van der Waals surface area contributed by atoms with E-state index in [0.717, 1.165) is 52.7 Å². The Balaban J connectivity index is 0.000000234. The van der Waals surface area contributed by atoms with Crippen molar-refractivity contribution in [2.24, 2.45) is 0 Å². The number of nitrogens with one attached hydrogen (secondary N) is 3. The van der Waals surface area contributed by atoms with Crippen LogP contribution in [0.4, 0.5) is 0 Å². The summed E-state index contributed by atoms with van der Waals surface area (Å²) in [5.41, 5.74) is 0. The summed E-state index contributed by atoms with van der Waals surface area (Å²) in [7, 11) is 0. The van der Waals surface area contributed by atoms with Crippen molar-refractivity contribution in [1.82, 2.24) is 20.9 Å². The lowest BCUT2D eigenvalue weighted by Gasteiger charge is -2.10. The largest absolute Gasteiger partial charge is 0.381 e. The first-order valence-corrected chi connectivity index (χ1v) is 15.7. The number of benzene rings is 1. The van der Waals surface area contributed by atoms with Crippen molar-refractivity contribution in [3.05, 3.63) is 67.0 Å². The average Bonchev–Trinajstić information content (AvgIpc) is 3.87. The molecule has 6 heterocycles. The van der Waals surface area contributed by atoms with Crippen LogP contribution in [0.15, 0.2) is 67.0 Å². The molecule has 228 valence electrons. The summed E-state index contributed by atoms with van der Waals surface area (Å²) in [6.45, 7) is 12.8. The standard InChI is InChI=1S/C6H6.C5H11N.C5H5N.C5H10O.C4H9NO.C4H9N.C4H8O/c4*1-2-4-6-5-3-1;1-3-6-4-2-5-1;2*1-2-4-5-3-1/h1-6H;6H,1-5H2;1-5H;1-5H2;5H,1-4H2;5H,1-4H2;1-4H2. The zero-order valence-electron chi connectivity index (χ0n) is 25.1. The number of piperidine rings is 1. The van der Waals surface area contributed by atoms with E-state index < -0.39 is 0 Å². The zero-order chi connectivity index (χ0) is 28.3. The molecule has 0 saturated carbocycles. The van der Waals surface area contributed by atoms with E-state index in [1.165, 1.54) is 90.4 Å². The van der Waals surface area contributed by atoms with Crippen LogP contribution < -0.4 is 16.0 Å². The van der Waals surface area contributed by atoms with Crippen LogP contribution in [-0.4, -0.2) is 83.9 Å². The lowest BCUT2D eigenvalue weighted by atomic mass is 10.2. The highest BCUT2D eigenvalue weighted by molar-refractivity contribution is 4.99. The van der Waals surface area contributed by atoms with Crippen LogP contribution >= 0.6 is 0 Å². The molecular formula is C33H58N4O3. The van der Waals surface area contributed by atoms with Gasteiger partial charge in [0.15, 0.2) is 0 Å². The summed E-state index contributed by atoms with van der Waals surface area (Å²) in [4.78, 5) is 3.78. The first-order chi connectivity index (χ1) is 20.0. The number of nitrogens with zero attached hydrogens (tertiary/aromatic N) is 1. The predicted octanol–water partition coefficient (Wildman–Crippen LogP) is 5.49. The first-order valence-electron chi connectivity index (χ1n) is 15.7. The van der Waals surface area contributed by atoms with Crippen LogP contribution in [0.1, 0.15) is 64.2 Å². The van der Waals surface area contributed by atoms with E-state index >= 15 is 0 Å². The normalized spacial score (nSPS) is 19.2. The molecule has 7 heteroatoms. The third-order valence-electron chi connectivity index (χ3n) is 6.15. The number of pyridine rings is 1. The molecule has 1 aromatic heterocycles. The highest BCUT2D eigenvalue weighted by atomic mass is 16.5. The molecule has 5 fully saturated rings. The Morgan fingerprint density at radius 1 is 0.325 bits per heavy atom. The monoisotopic (exact) mass is 558 g/mol. The minimum Gasteiger partial charge on any atom is -0.381 e. The SMILES string of the molecule is C1CCNC1.C1CCNCC1.C1CCOC1.C1CCOCC1.C1COCCN1.c1ccccc1.c1ccncc1. The second kappa shape index (κ2) is 33.3. The number of aromatic nitrogens is 1. The summed E-state index contributed by atoms with van der Waals surface area (Å²) >= 11 is 0. The van der Waals surface area contributed by atoms with Crippen LogP contribution in [-0.2, 0) is 14.2 Å². The fourth-order valence-electron chi connectivity index (χ4n) is 3.84. The number of hydrogen-bond acceptors (Lipinski definition) is 7. The van der Waals surface area contributed by atoms with Crippen molar-refractivity contribution in [3.8, 4) is 0 Å². The summed E-state index contributed by atoms with van der Waals surface area (Å²) in [5.74, 6) is 0. The second-order valence-corrected chi connectivity index (χ2v) is 9.80. The molecule has 0 atom stereocenters. The Morgan fingerprint density at radius 3 is 0.825 bits per heavy atom. The van der Waals surface area contributed by atoms with E-state index in [0.29, 0.717) is 0 Å². The molecule has 40 heavy (non-hydrogen) atoms.